The van der Waals surface area contributed by atoms with Gasteiger partial charge >= 0.3 is 0 Å². The highest BCUT2D eigenvalue weighted by Gasteiger charge is 2.07. The highest BCUT2D eigenvalue weighted by atomic mass is 35.5. The van der Waals surface area contributed by atoms with E-state index in [9.17, 15) is 15.2 Å². The predicted octanol–water partition coefficient (Wildman–Crippen LogP) is 3.62. The van der Waals surface area contributed by atoms with Gasteiger partial charge in [-0.1, -0.05) is 41.6 Å². The molecule has 0 spiro atoms. The molecule has 0 aliphatic carbocycles. The molecule has 0 aliphatic rings. The monoisotopic (exact) mass is 326 g/mol. The summed E-state index contributed by atoms with van der Waals surface area (Å²) in [6.07, 6.45) is 1.38. The van der Waals surface area contributed by atoms with Crippen molar-refractivity contribution in [1.29, 1.82) is 0 Å². The average molecular weight is 327 g/mol. The molecule has 6 nitrogen and oxygen atoms in total. The topological polar surface area (TPSA) is 91.5 Å². The summed E-state index contributed by atoms with van der Waals surface area (Å²) < 4.78 is 0. The van der Waals surface area contributed by atoms with Crippen LogP contribution in [0.5, 0.6) is 5.75 Å². The fraction of sp³-hybridized carbons (Fsp3) is 0. The van der Waals surface area contributed by atoms with Gasteiger partial charge in [0.2, 0.25) is 0 Å². The molecule has 1 aromatic heterocycles. The van der Waals surface area contributed by atoms with Crippen LogP contribution in [0.1, 0.15) is 5.56 Å². The number of aliphatic imine (C=N–C) groups is 1. The highest BCUT2D eigenvalue weighted by molar-refractivity contribution is 6.32. The van der Waals surface area contributed by atoms with Crippen molar-refractivity contribution in [3.63, 3.8) is 0 Å². The second-order valence-electron chi connectivity index (χ2n) is 4.73. The molecular weight excluding hydrogens is 318 g/mol. The Hall–Kier alpha value is -2.99. The molecule has 23 heavy (non-hydrogen) atoms. The highest BCUT2D eigenvalue weighted by Crippen LogP contribution is 2.28. The molecule has 0 bridgehead atoms. The summed E-state index contributed by atoms with van der Waals surface area (Å²) >= 11 is 6.10. The van der Waals surface area contributed by atoms with Gasteiger partial charge in [0, 0.05) is 29.3 Å². The van der Waals surface area contributed by atoms with E-state index in [-0.39, 0.29) is 16.5 Å². The standard InChI is InChI=1S/C16H10ClN3O3/c17-16-11(7-10-3-1-2-4-13(10)19-16)9-18-14-8-12(20(22)23)5-6-15(14)21/h1-9,21H/p-1. The van der Waals surface area contributed by atoms with Crippen LogP contribution in [-0.2, 0) is 0 Å². The van der Waals surface area contributed by atoms with E-state index in [0.29, 0.717) is 5.56 Å². The average Bonchev–Trinajstić information content (AvgIpc) is 2.54. The van der Waals surface area contributed by atoms with Crippen LogP contribution in [0.4, 0.5) is 11.4 Å². The lowest BCUT2D eigenvalue weighted by Crippen LogP contribution is -1.94. The zero-order valence-electron chi connectivity index (χ0n) is 11.6. The van der Waals surface area contributed by atoms with Crippen molar-refractivity contribution in [2.75, 3.05) is 0 Å². The molecule has 0 amide bonds. The number of fused-ring (bicyclic) bond motifs is 1. The van der Waals surface area contributed by atoms with Crippen LogP contribution >= 0.6 is 11.6 Å². The Bertz CT molecular complexity index is 941. The van der Waals surface area contributed by atoms with Gasteiger partial charge in [-0.05, 0) is 12.1 Å². The Morgan fingerprint density at radius 3 is 2.74 bits per heavy atom. The first-order valence-corrected chi connectivity index (χ1v) is 6.97. The lowest BCUT2D eigenvalue weighted by Gasteiger charge is -2.08. The Morgan fingerprint density at radius 1 is 1.17 bits per heavy atom. The summed E-state index contributed by atoms with van der Waals surface area (Å²) in [6.45, 7) is 0. The number of nitro groups is 1. The summed E-state index contributed by atoms with van der Waals surface area (Å²) in [5, 5.41) is 23.6. The maximum absolute atomic E-state index is 11.7. The third-order valence-corrected chi connectivity index (χ3v) is 3.50. The number of non-ortho nitro benzene ring substituents is 1. The molecule has 0 radical (unpaired) electrons. The van der Waals surface area contributed by atoms with Crippen molar-refractivity contribution >= 4 is 40.1 Å². The Kier molecular flexibility index (Phi) is 3.91. The zero-order valence-corrected chi connectivity index (χ0v) is 12.4. The van der Waals surface area contributed by atoms with Crippen molar-refractivity contribution in [3.05, 3.63) is 69.4 Å². The molecule has 3 rings (SSSR count). The van der Waals surface area contributed by atoms with Gasteiger partial charge in [0.05, 0.1) is 16.1 Å². The number of hydrogen-bond acceptors (Lipinski definition) is 5. The molecule has 0 saturated heterocycles. The minimum absolute atomic E-state index is 0.0246. The maximum Gasteiger partial charge on any atom is 0.271 e. The summed E-state index contributed by atoms with van der Waals surface area (Å²) in [4.78, 5) is 18.4. The summed E-state index contributed by atoms with van der Waals surface area (Å²) in [5.74, 6) is -0.406. The van der Waals surface area contributed by atoms with Gasteiger partial charge in [0.15, 0.2) is 0 Å². The fourth-order valence-electron chi connectivity index (χ4n) is 2.06. The smallest absolute Gasteiger partial charge is 0.271 e. The quantitative estimate of drug-likeness (QED) is 0.318. The largest absolute Gasteiger partial charge is 0.871 e. The second-order valence-corrected chi connectivity index (χ2v) is 5.09. The summed E-state index contributed by atoms with van der Waals surface area (Å²) in [5.41, 5.74) is 1.05. The van der Waals surface area contributed by atoms with E-state index in [2.05, 4.69) is 9.98 Å². The van der Waals surface area contributed by atoms with Gasteiger partial charge < -0.3 is 5.11 Å². The number of nitro benzene ring substituents is 1. The van der Waals surface area contributed by atoms with Gasteiger partial charge in [-0.25, -0.2) is 4.98 Å². The predicted molar refractivity (Wildman–Crippen MR) is 86.5 cm³/mol. The van der Waals surface area contributed by atoms with Crippen LogP contribution in [0, 0.1) is 10.1 Å². The molecule has 3 aromatic rings. The third-order valence-electron chi connectivity index (χ3n) is 3.20. The molecule has 7 heteroatoms. The van der Waals surface area contributed by atoms with Gasteiger partial charge in [0.1, 0.15) is 5.15 Å². The molecular formula is C16H9ClN3O3-. The van der Waals surface area contributed by atoms with E-state index < -0.39 is 10.7 Å². The molecule has 0 saturated carbocycles. The number of rotatable bonds is 3. The van der Waals surface area contributed by atoms with Crippen LogP contribution in [0.15, 0.2) is 53.5 Å². The minimum atomic E-state index is -0.580. The first-order chi connectivity index (χ1) is 11.0. The van der Waals surface area contributed by atoms with Crippen molar-refractivity contribution < 1.29 is 10.0 Å². The van der Waals surface area contributed by atoms with Crippen LogP contribution in [0.2, 0.25) is 5.15 Å². The number of benzene rings is 2. The second kappa shape index (κ2) is 6.02. The maximum atomic E-state index is 11.7. The van der Waals surface area contributed by atoms with Crippen molar-refractivity contribution in [1.82, 2.24) is 4.98 Å². The first-order valence-electron chi connectivity index (χ1n) is 6.59. The minimum Gasteiger partial charge on any atom is -0.871 e. The molecule has 0 fully saturated rings. The Labute approximate surface area is 135 Å². The molecule has 2 aromatic carbocycles. The van der Waals surface area contributed by atoms with Crippen LogP contribution < -0.4 is 5.11 Å². The van der Waals surface area contributed by atoms with Gasteiger partial charge in [-0.15, -0.1) is 0 Å². The van der Waals surface area contributed by atoms with E-state index in [4.69, 9.17) is 11.6 Å². The van der Waals surface area contributed by atoms with E-state index >= 15 is 0 Å². The van der Waals surface area contributed by atoms with Crippen molar-refractivity contribution in [2.24, 2.45) is 4.99 Å². The molecule has 0 atom stereocenters. The van der Waals surface area contributed by atoms with Crippen LogP contribution in [0.25, 0.3) is 10.9 Å². The number of pyridine rings is 1. The van der Waals surface area contributed by atoms with Crippen LogP contribution in [-0.4, -0.2) is 16.1 Å². The van der Waals surface area contributed by atoms with Crippen LogP contribution in [0.3, 0.4) is 0 Å². The van der Waals surface area contributed by atoms with E-state index in [0.717, 1.165) is 29.1 Å². The number of hydrogen-bond donors (Lipinski definition) is 0. The van der Waals surface area contributed by atoms with E-state index in [1.807, 2.05) is 24.3 Å². The number of halogens is 1. The summed E-state index contributed by atoms with van der Waals surface area (Å²) in [7, 11) is 0. The number of para-hydroxylation sites is 1. The summed E-state index contributed by atoms with van der Waals surface area (Å²) in [6, 6.07) is 12.6. The number of nitrogens with zero attached hydrogens (tertiary/aromatic N) is 3. The molecule has 0 unspecified atom stereocenters. The Balaban J connectivity index is 2.01. The van der Waals surface area contributed by atoms with Gasteiger partial charge in [0.25, 0.3) is 5.69 Å². The molecule has 0 aliphatic heterocycles. The SMILES string of the molecule is O=[N+]([O-])c1ccc([O-])c(N=Cc2cc3ccccc3nc2Cl)c1. The molecule has 0 N–H and O–H groups in total. The Morgan fingerprint density at radius 2 is 1.96 bits per heavy atom. The number of aromatic nitrogens is 1. The van der Waals surface area contributed by atoms with E-state index in [1.165, 1.54) is 6.21 Å². The van der Waals surface area contributed by atoms with Gasteiger partial charge in [-0.2, -0.15) is 0 Å². The lowest BCUT2D eigenvalue weighted by molar-refractivity contribution is -0.385. The molecule has 114 valence electrons. The fourth-order valence-corrected chi connectivity index (χ4v) is 2.25. The van der Waals surface area contributed by atoms with Crippen molar-refractivity contribution in [2.45, 2.75) is 0 Å². The van der Waals surface area contributed by atoms with E-state index in [1.54, 1.807) is 6.07 Å². The normalized spacial score (nSPS) is 11.2. The van der Waals surface area contributed by atoms with Gasteiger partial charge in [-0.3, -0.25) is 15.1 Å². The van der Waals surface area contributed by atoms with Crippen molar-refractivity contribution in [3.8, 4) is 5.75 Å². The first kappa shape index (κ1) is 14.9. The lowest BCUT2D eigenvalue weighted by atomic mass is 10.2. The zero-order chi connectivity index (χ0) is 16.4. The third kappa shape index (κ3) is 3.12. The molecule has 1 heterocycles.